The summed E-state index contributed by atoms with van der Waals surface area (Å²) in [6, 6.07) is 62.5. The molecule has 1 aliphatic heterocycles. The average Bonchev–Trinajstić information content (AvgIpc) is 3.98. The minimum absolute atomic E-state index is 0.0871. The SMILES string of the molecule is C1=c2ccc(N(c3ccccc3)C3C=c4oc5ccccc5c4=CC3)cc2=CC2Oc3cc4cc(N(c5ccccc5)c5ccc6c(c5)oc5ccccc56)ccc4cc3C12. The maximum atomic E-state index is 6.84. The summed E-state index contributed by atoms with van der Waals surface area (Å²) in [4.78, 5) is 4.74. The van der Waals surface area contributed by atoms with Gasteiger partial charge in [-0.1, -0.05) is 97.1 Å². The third-order valence-electron chi connectivity index (χ3n) is 12.8. The number of ether oxygens (including phenoxy) is 1. The standard InChI is InChI=1S/C56H38N2O3/c1-3-11-39(12-4-1)57(43-23-25-47-45-15-7-9-17-51(45)59-55(47)33-43)41-21-19-35-29-49-50-30-36-20-22-42(28-38(36)32-54(50)61-53(49)31-37(35)27-41)58(40-13-5-2-6-14-40)44-24-26-48-46-16-8-10-18-52(46)60-56(48)34-44/h1-23,25-34,44,50,54H,24H2. The van der Waals surface area contributed by atoms with Crippen molar-refractivity contribution in [1.82, 2.24) is 0 Å². The first-order valence-corrected chi connectivity index (χ1v) is 21.1. The fourth-order valence-electron chi connectivity index (χ4n) is 9.96. The van der Waals surface area contributed by atoms with Crippen LogP contribution in [-0.4, -0.2) is 12.1 Å². The second-order valence-corrected chi connectivity index (χ2v) is 16.4. The highest BCUT2D eigenvalue weighted by atomic mass is 16.5. The van der Waals surface area contributed by atoms with Crippen LogP contribution in [0.5, 0.6) is 5.75 Å². The zero-order valence-electron chi connectivity index (χ0n) is 33.1. The van der Waals surface area contributed by atoms with Crippen LogP contribution in [0.1, 0.15) is 17.9 Å². The number of para-hydroxylation sites is 4. The van der Waals surface area contributed by atoms with Gasteiger partial charge in [0.1, 0.15) is 34.0 Å². The molecule has 0 radical (unpaired) electrons. The van der Waals surface area contributed by atoms with Gasteiger partial charge in [0, 0.05) is 67.4 Å². The highest BCUT2D eigenvalue weighted by Gasteiger charge is 2.34. The third-order valence-corrected chi connectivity index (χ3v) is 12.8. The summed E-state index contributed by atoms with van der Waals surface area (Å²) in [5, 5.41) is 9.33. The molecule has 5 nitrogen and oxygen atoms in total. The molecule has 13 rings (SSSR count). The van der Waals surface area contributed by atoms with Crippen LogP contribution in [0.25, 0.3) is 68.0 Å². The van der Waals surface area contributed by atoms with Crippen molar-refractivity contribution < 1.29 is 13.6 Å². The van der Waals surface area contributed by atoms with Crippen LogP contribution in [0.4, 0.5) is 28.4 Å². The van der Waals surface area contributed by atoms with E-state index in [1.807, 2.05) is 18.2 Å². The summed E-state index contributed by atoms with van der Waals surface area (Å²) >= 11 is 0. The van der Waals surface area contributed by atoms with E-state index in [-0.39, 0.29) is 18.1 Å². The molecule has 3 heterocycles. The first-order chi connectivity index (χ1) is 30.2. The summed E-state index contributed by atoms with van der Waals surface area (Å²) in [7, 11) is 0. The molecule has 0 bridgehead atoms. The first kappa shape index (κ1) is 34.1. The Morgan fingerprint density at radius 1 is 0.459 bits per heavy atom. The largest absolute Gasteiger partial charge is 0.485 e. The van der Waals surface area contributed by atoms with E-state index in [4.69, 9.17) is 13.6 Å². The van der Waals surface area contributed by atoms with Gasteiger partial charge in [0.25, 0.3) is 0 Å². The van der Waals surface area contributed by atoms with Crippen molar-refractivity contribution >= 4 is 96.4 Å². The van der Waals surface area contributed by atoms with Crippen molar-refractivity contribution in [2.45, 2.75) is 24.5 Å². The van der Waals surface area contributed by atoms with Gasteiger partial charge in [-0.25, -0.2) is 0 Å². The van der Waals surface area contributed by atoms with Crippen molar-refractivity contribution in [1.29, 1.82) is 0 Å². The molecule has 0 N–H and O–H groups in total. The van der Waals surface area contributed by atoms with Crippen molar-refractivity contribution in [2.24, 2.45) is 0 Å². The van der Waals surface area contributed by atoms with Crippen LogP contribution in [0.15, 0.2) is 185 Å². The van der Waals surface area contributed by atoms with Gasteiger partial charge in [-0.3, -0.25) is 0 Å². The molecule has 10 aromatic rings. The maximum absolute atomic E-state index is 6.84. The molecule has 0 spiro atoms. The first-order valence-electron chi connectivity index (χ1n) is 21.1. The molecule has 2 aliphatic carbocycles. The van der Waals surface area contributed by atoms with Gasteiger partial charge < -0.3 is 23.4 Å². The van der Waals surface area contributed by atoms with Crippen LogP contribution in [0.3, 0.4) is 0 Å². The fourth-order valence-corrected chi connectivity index (χ4v) is 9.96. The van der Waals surface area contributed by atoms with Crippen LogP contribution in [0.2, 0.25) is 0 Å². The Bertz CT molecular complexity index is 3640. The number of rotatable bonds is 6. The van der Waals surface area contributed by atoms with E-state index >= 15 is 0 Å². The lowest BCUT2D eigenvalue weighted by atomic mass is 9.88. The van der Waals surface area contributed by atoms with E-state index in [2.05, 4.69) is 192 Å². The van der Waals surface area contributed by atoms with Gasteiger partial charge >= 0.3 is 0 Å². The predicted octanol–water partition coefficient (Wildman–Crippen LogP) is 11.2. The van der Waals surface area contributed by atoms with Crippen molar-refractivity contribution in [3.63, 3.8) is 0 Å². The van der Waals surface area contributed by atoms with Crippen molar-refractivity contribution in [2.75, 3.05) is 9.80 Å². The second-order valence-electron chi connectivity index (χ2n) is 16.4. The number of hydrogen-bond donors (Lipinski definition) is 0. The smallest absolute Gasteiger partial charge is 0.137 e. The van der Waals surface area contributed by atoms with Crippen LogP contribution >= 0.6 is 0 Å². The van der Waals surface area contributed by atoms with Crippen LogP contribution in [0, 0.1) is 0 Å². The summed E-state index contributed by atoms with van der Waals surface area (Å²) in [5.41, 5.74) is 10.3. The number of anilines is 5. The normalized spacial score (nSPS) is 17.3. The number of fused-ring (bicyclic) bond motifs is 11. The second kappa shape index (κ2) is 13.4. The van der Waals surface area contributed by atoms with Gasteiger partial charge in [-0.15, -0.1) is 0 Å². The lowest BCUT2D eigenvalue weighted by Gasteiger charge is -2.32. The average molecular weight is 787 g/mol. The van der Waals surface area contributed by atoms with Gasteiger partial charge in [0.15, 0.2) is 0 Å². The molecule has 290 valence electrons. The highest BCUT2D eigenvalue weighted by molar-refractivity contribution is 6.06. The summed E-state index contributed by atoms with van der Waals surface area (Å²) < 4.78 is 19.6. The highest BCUT2D eigenvalue weighted by Crippen LogP contribution is 2.45. The zero-order valence-corrected chi connectivity index (χ0v) is 33.1. The number of furan rings is 2. The molecule has 3 atom stereocenters. The minimum Gasteiger partial charge on any atom is -0.485 e. The Hall–Kier alpha value is -7.76. The molecule has 0 saturated carbocycles. The Kier molecular flexibility index (Phi) is 7.49. The molecular weight excluding hydrogens is 749 g/mol. The molecular formula is C56H38N2O3. The number of nitrogens with zero attached hydrogens (tertiary/aromatic N) is 2. The number of benzene rings is 8. The lowest BCUT2D eigenvalue weighted by molar-refractivity contribution is 0.288. The van der Waals surface area contributed by atoms with Gasteiger partial charge in [-0.2, -0.15) is 0 Å². The topological polar surface area (TPSA) is 42.0 Å². The third kappa shape index (κ3) is 5.54. The monoisotopic (exact) mass is 786 g/mol. The van der Waals surface area contributed by atoms with Gasteiger partial charge in [0.05, 0.1) is 6.04 Å². The van der Waals surface area contributed by atoms with E-state index in [1.54, 1.807) is 0 Å². The van der Waals surface area contributed by atoms with E-state index in [0.29, 0.717) is 0 Å². The Morgan fingerprint density at radius 2 is 1.16 bits per heavy atom. The molecule has 61 heavy (non-hydrogen) atoms. The van der Waals surface area contributed by atoms with Gasteiger partial charge in [-0.05, 0) is 125 Å². The summed E-state index contributed by atoms with van der Waals surface area (Å²) in [6.45, 7) is 0. The van der Waals surface area contributed by atoms with Crippen molar-refractivity contribution in [3.05, 3.63) is 203 Å². The predicted molar refractivity (Wildman–Crippen MR) is 249 cm³/mol. The fraction of sp³-hybridized carbons (Fsp3) is 0.0714. The van der Waals surface area contributed by atoms with E-state index < -0.39 is 0 Å². The van der Waals surface area contributed by atoms with Gasteiger partial charge in [0.2, 0.25) is 0 Å². The van der Waals surface area contributed by atoms with E-state index in [1.165, 1.54) is 32.0 Å². The molecule has 0 amide bonds. The van der Waals surface area contributed by atoms with E-state index in [0.717, 1.165) is 78.9 Å². The number of hydrogen-bond acceptors (Lipinski definition) is 5. The molecule has 0 saturated heterocycles. The van der Waals surface area contributed by atoms with Crippen molar-refractivity contribution in [3.8, 4) is 5.75 Å². The lowest BCUT2D eigenvalue weighted by Crippen LogP contribution is -2.39. The molecule has 2 aromatic heterocycles. The quantitative estimate of drug-likeness (QED) is 0.168. The molecule has 5 heteroatoms. The zero-order chi connectivity index (χ0) is 40.0. The molecule has 3 unspecified atom stereocenters. The van der Waals surface area contributed by atoms with Crippen LogP contribution < -0.4 is 35.6 Å². The summed E-state index contributed by atoms with van der Waals surface area (Å²) in [6.07, 6.45) is 10.1. The minimum atomic E-state index is -0.0942. The molecule has 8 aromatic carbocycles. The summed E-state index contributed by atoms with van der Waals surface area (Å²) in [5.74, 6) is 1.07. The maximum Gasteiger partial charge on any atom is 0.137 e. The van der Waals surface area contributed by atoms with E-state index in [9.17, 15) is 0 Å². The molecule has 3 aliphatic rings. The van der Waals surface area contributed by atoms with Crippen LogP contribution in [-0.2, 0) is 0 Å². The Balaban J connectivity index is 0.856. The Labute approximate surface area is 351 Å². The Morgan fingerprint density at radius 3 is 2.02 bits per heavy atom. The molecule has 0 fully saturated rings.